The number of fused-ring (bicyclic) bond motifs is 1. The lowest BCUT2D eigenvalue weighted by Crippen LogP contribution is -2.60. The number of alkyl halides is 1. The van der Waals surface area contributed by atoms with Crippen molar-refractivity contribution in [2.45, 2.75) is 107 Å². The number of amides is 3. The Morgan fingerprint density at radius 3 is 2.52 bits per heavy atom. The van der Waals surface area contributed by atoms with Crippen LogP contribution in [-0.4, -0.2) is 93.0 Å². The zero-order chi connectivity index (χ0) is 35.2. The minimum absolute atomic E-state index is 0.0918. The molecule has 0 saturated carbocycles. The van der Waals surface area contributed by atoms with Crippen LogP contribution in [0.15, 0.2) is 55.6 Å². The lowest BCUT2D eigenvalue weighted by Gasteiger charge is -2.41. The minimum atomic E-state index is -1.27. The summed E-state index contributed by atoms with van der Waals surface area (Å²) in [6, 6.07) is 6.76. The summed E-state index contributed by atoms with van der Waals surface area (Å²) in [6.07, 6.45) is 5.78. The second-order valence-electron chi connectivity index (χ2n) is 13.8. The van der Waals surface area contributed by atoms with Gasteiger partial charge >= 0.3 is 5.97 Å². The number of allylic oxidation sites excluding steroid dienone is 1. The zero-order valence-corrected chi connectivity index (χ0v) is 30.3. The van der Waals surface area contributed by atoms with E-state index in [1.165, 1.54) is 0 Å². The van der Waals surface area contributed by atoms with Gasteiger partial charge in [0.1, 0.15) is 18.2 Å². The number of rotatable bonds is 18. The molecule has 1 spiro atoms. The number of hydrogen-bond donors (Lipinski definition) is 2. The van der Waals surface area contributed by atoms with Crippen molar-refractivity contribution in [2.75, 3.05) is 19.8 Å². The van der Waals surface area contributed by atoms with Crippen molar-refractivity contribution in [2.24, 2.45) is 17.8 Å². The smallest absolute Gasteiger partial charge is 0.306 e. The van der Waals surface area contributed by atoms with Crippen molar-refractivity contribution < 1.29 is 33.8 Å². The van der Waals surface area contributed by atoms with Gasteiger partial charge in [0.15, 0.2) is 0 Å². The average molecular weight is 731 g/mol. The summed E-state index contributed by atoms with van der Waals surface area (Å²) in [5, 5.41) is 13.7. The van der Waals surface area contributed by atoms with E-state index >= 15 is 0 Å². The molecule has 3 heterocycles. The van der Waals surface area contributed by atoms with E-state index in [4.69, 9.17) is 9.47 Å². The topological polar surface area (TPSA) is 125 Å². The minimum Gasteiger partial charge on any atom is -0.463 e. The molecule has 1 aromatic rings. The first-order chi connectivity index (χ1) is 22.9. The quantitative estimate of drug-likeness (QED) is 0.127. The Labute approximate surface area is 293 Å². The zero-order valence-electron chi connectivity index (χ0n) is 28.7. The number of nitrogens with zero attached hydrogens (tertiary/aromatic N) is 2. The number of likely N-dealkylation sites (tertiary alicyclic amines) is 1. The van der Waals surface area contributed by atoms with Gasteiger partial charge < -0.3 is 29.7 Å². The fourth-order valence-electron chi connectivity index (χ4n) is 7.86. The Bertz CT molecular complexity index is 1330. The van der Waals surface area contributed by atoms with Gasteiger partial charge in [0.05, 0.1) is 36.6 Å². The molecule has 48 heavy (non-hydrogen) atoms. The van der Waals surface area contributed by atoms with Crippen LogP contribution in [0.2, 0.25) is 0 Å². The third-order valence-corrected chi connectivity index (χ3v) is 10.8. The molecule has 10 nitrogen and oxygen atoms in total. The Hall–Kier alpha value is -3.02. The number of ether oxygens (including phenoxy) is 2. The Balaban J connectivity index is 1.73. The molecule has 11 heteroatoms. The van der Waals surface area contributed by atoms with Gasteiger partial charge in [-0.25, -0.2) is 0 Å². The standard InChI is InChI=1S/C37H52BrN3O7/c1-7-10-17-29(43)47-22-28(25-15-12-11-13-16-25)39-34(44)30-31-35(45)41(26(21-42)19-23(4)5)33(37(31)20-27(38)32(30)48-37)36(46)40(18-9-3)24(6)14-8-2/h7,9,11-13,15-16,23-24,26-28,30-33,42H,1,3,8,10,14,17-22H2,2,4-6H3,(H,39,44)/t24?,26-,27?,28+,30-,31+,32-,33-,37+/m1/s1. The first kappa shape index (κ1) is 37.8. The maximum Gasteiger partial charge on any atom is 0.306 e. The van der Waals surface area contributed by atoms with Crippen molar-refractivity contribution in [3.63, 3.8) is 0 Å². The molecule has 3 amide bonds. The second kappa shape index (κ2) is 16.6. The van der Waals surface area contributed by atoms with E-state index in [0.717, 1.165) is 18.4 Å². The van der Waals surface area contributed by atoms with Crippen LogP contribution in [0.3, 0.4) is 0 Å². The number of aliphatic hydroxyl groups excluding tert-OH is 1. The molecule has 0 aromatic heterocycles. The van der Waals surface area contributed by atoms with E-state index in [0.29, 0.717) is 25.8 Å². The third-order valence-electron chi connectivity index (χ3n) is 9.94. The fourth-order valence-corrected chi connectivity index (χ4v) is 8.80. The summed E-state index contributed by atoms with van der Waals surface area (Å²) in [5.74, 6) is -3.17. The van der Waals surface area contributed by atoms with Gasteiger partial charge in [0.25, 0.3) is 0 Å². The van der Waals surface area contributed by atoms with Crippen molar-refractivity contribution in [3.05, 3.63) is 61.2 Å². The fraction of sp³-hybridized carbons (Fsp3) is 0.622. The van der Waals surface area contributed by atoms with Crippen molar-refractivity contribution in [3.8, 4) is 0 Å². The summed E-state index contributed by atoms with van der Waals surface area (Å²) in [5.41, 5.74) is -0.532. The predicted molar refractivity (Wildman–Crippen MR) is 187 cm³/mol. The molecule has 3 fully saturated rings. The third kappa shape index (κ3) is 7.58. The molecule has 0 aliphatic carbocycles. The monoisotopic (exact) mass is 729 g/mol. The van der Waals surface area contributed by atoms with Crippen LogP contribution in [0.25, 0.3) is 0 Å². The van der Waals surface area contributed by atoms with E-state index < -0.39 is 53.5 Å². The van der Waals surface area contributed by atoms with Crippen LogP contribution >= 0.6 is 15.9 Å². The maximum atomic E-state index is 14.8. The predicted octanol–water partition coefficient (Wildman–Crippen LogP) is 4.71. The summed E-state index contributed by atoms with van der Waals surface area (Å²) >= 11 is 3.75. The van der Waals surface area contributed by atoms with E-state index in [9.17, 15) is 24.3 Å². The van der Waals surface area contributed by atoms with Crippen molar-refractivity contribution >= 4 is 39.6 Å². The molecule has 3 aliphatic heterocycles. The largest absolute Gasteiger partial charge is 0.463 e. The molecule has 2 unspecified atom stereocenters. The van der Waals surface area contributed by atoms with E-state index in [1.54, 1.807) is 22.0 Å². The normalized spacial score (nSPS) is 27.7. The number of hydrogen-bond acceptors (Lipinski definition) is 7. The van der Waals surface area contributed by atoms with Crippen LogP contribution in [0.5, 0.6) is 0 Å². The Kier molecular flexibility index (Phi) is 13.1. The first-order valence-electron chi connectivity index (χ1n) is 17.2. The van der Waals surface area contributed by atoms with Gasteiger partial charge in [-0.2, -0.15) is 0 Å². The van der Waals surface area contributed by atoms with Crippen LogP contribution in [0.1, 0.15) is 77.8 Å². The maximum absolute atomic E-state index is 14.8. The van der Waals surface area contributed by atoms with Crippen LogP contribution < -0.4 is 5.32 Å². The highest BCUT2D eigenvalue weighted by Gasteiger charge is 2.77. The molecule has 3 saturated heterocycles. The van der Waals surface area contributed by atoms with Gasteiger partial charge in [-0.3, -0.25) is 19.2 Å². The van der Waals surface area contributed by atoms with Crippen LogP contribution in [0.4, 0.5) is 0 Å². The molecule has 1 aromatic carbocycles. The number of carbonyl (C=O) groups is 4. The van der Waals surface area contributed by atoms with Gasteiger partial charge in [0, 0.05) is 23.8 Å². The molecule has 9 atom stereocenters. The Morgan fingerprint density at radius 2 is 1.92 bits per heavy atom. The van der Waals surface area contributed by atoms with Crippen LogP contribution in [-0.2, 0) is 28.7 Å². The molecule has 264 valence electrons. The number of aliphatic hydroxyl groups is 1. The van der Waals surface area contributed by atoms with Crippen molar-refractivity contribution in [1.82, 2.24) is 15.1 Å². The van der Waals surface area contributed by atoms with Crippen LogP contribution in [0, 0.1) is 17.8 Å². The molecule has 0 radical (unpaired) electrons. The summed E-state index contributed by atoms with van der Waals surface area (Å²) in [4.78, 5) is 59.3. The van der Waals surface area contributed by atoms with Gasteiger partial charge in [-0.15, -0.1) is 13.2 Å². The second-order valence-corrected chi connectivity index (χ2v) is 15.0. The summed E-state index contributed by atoms with van der Waals surface area (Å²) in [7, 11) is 0. The number of benzene rings is 1. The lowest BCUT2D eigenvalue weighted by atomic mass is 9.70. The Morgan fingerprint density at radius 1 is 1.21 bits per heavy atom. The van der Waals surface area contributed by atoms with Crippen molar-refractivity contribution in [1.29, 1.82) is 0 Å². The van der Waals surface area contributed by atoms with E-state index in [-0.39, 0.29) is 48.2 Å². The highest BCUT2D eigenvalue weighted by molar-refractivity contribution is 9.09. The highest BCUT2D eigenvalue weighted by Crippen LogP contribution is 2.60. The summed E-state index contributed by atoms with van der Waals surface area (Å²) in [6.45, 7) is 15.5. The SMILES string of the molecule is C=CCCC(=O)OC[C@H](NC(=O)[C@H]1[C@@H]2O[C@@]3(CC2Br)[C@@H]1C(=O)N([C@@H](CO)CC(C)C)[C@@H]3C(=O)N(CC=C)C(C)CCC)c1ccccc1. The number of esters is 1. The highest BCUT2D eigenvalue weighted by atomic mass is 79.9. The first-order valence-corrected chi connectivity index (χ1v) is 18.1. The van der Waals surface area contributed by atoms with Gasteiger partial charge in [-0.1, -0.05) is 85.6 Å². The molecular weight excluding hydrogens is 678 g/mol. The number of halogens is 1. The molecule has 4 rings (SSSR count). The molecular formula is C37H52BrN3O7. The number of nitrogens with one attached hydrogen (secondary N) is 1. The molecule has 3 aliphatic rings. The number of carbonyl (C=O) groups excluding carboxylic acids is 4. The molecule has 2 N–H and O–H groups in total. The lowest BCUT2D eigenvalue weighted by molar-refractivity contribution is -0.153. The van der Waals surface area contributed by atoms with Gasteiger partial charge in [0.2, 0.25) is 17.7 Å². The average Bonchev–Trinajstić information content (AvgIpc) is 3.66. The molecule has 2 bridgehead atoms. The van der Waals surface area contributed by atoms with E-state index in [1.807, 2.05) is 51.1 Å². The van der Waals surface area contributed by atoms with E-state index in [2.05, 4.69) is 41.3 Å². The summed E-state index contributed by atoms with van der Waals surface area (Å²) < 4.78 is 12.3. The van der Waals surface area contributed by atoms with Gasteiger partial charge in [-0.05, 0) is 44.1 Å².